The lowest BCUT2D eigenvalue weighted by molar-refractivity contribution is -0.128. The minimum atomic E-state index is -0.668. The average Bonchev–Trinajstić information content (AvgIpc) is 2.73. The molecule has 2 N–H and O–H groups in total. The first-order valence-electron chi connectivity index (χ1n) is 11.3. The number of hydrogen-bond donors (Lipinski definition) is 2. The molecule has 0 heterocycles. The Labute approximate surface area is 179 Å². The molecule has 0 spiro atoms. The van der Waals surface area contributed by atoms with Crippen LogP contribution in [0.4, 0.5) is 0 Å². The van der Waals surface area contributed by atoms with Gasteiger partial charge in [-0.1, -0.05) is 90.0 Å². The van der Waals surface area contributed by atoms with Crippen molar-refractivity contribution < 1.29 is 14.4 Å². The van der Waals surface area contributed by atoms with E-state index in [2.05, 4.69) is 10.6 Å². The van der Waals surface area contributed by atoms with Gasteiger partial charge in [-0.05, 0) is 12.3 Å². The third kappa shape index (κ3) is 5.18. The molecule has 1 aromatic rings. The van der Waals surface area contributed by atoms with Crippen LogP contribution in [-0.2, 0) is 9.59 Å². The summed E-state index contributed by atoms with van der Waals surface area (Å²) in [4.78, 5) is 37.9. The van der Waals surface area contributed by atoms with E-state index in [1.807, 2.05) is 12.1 Å². The summed E-state index contributed by atoms with van der Waals surface area (Å²) in [6.07, 6.45) is 10.2. The fourth-order valence-corrected chi connectivity index (χ4v) is 4.23. The van der Waals surface area contributed by atoms with Crippen LogP contribution in [0.15, 0.2) is 30.0 Å². The van der Waals surface area contributed by atoms with Crippen molar-refractivity contribution in [3.05, 3.63) is 41.1 Å². The second-order valence-electron chi connectivity index (χ2n) is 9.58. The zero-order chi connectivity index (χ0) is 21.7. The Morgan fingerprint density at radius 1 is 0.933 bits per heavy atom. The van der Waals surface area contributed by atoms with E-state index in [4.69, 9.17) is 0 Å². The van der Waals surface area contributed by atoms with Gasteiger partial charge in [0.05, 0.1) is 5.70 Å². The highest BCUT2D eigenvalue weighted by Gasteiger charge is 2.35. The lowest BCUT2D eigenvalue weighted by atomic mass is 9.86. The summed E-state index contributed by atoms with van der Waals surface area (Å²) in [6.45, 7) is 6.05. The number of hydrogen-bond acceptors (Lipinski definition) is 4. The van der Waals surface area contributed by atoms with Crippen LogP contribution in [-0.4, -0.2) is 24.0 Å². The predicted molar refractivity (Wildman–Crippen MR) is 119 cm³/mol. The molecule has 0 atom stereocenters. The first-order chi connectivity index (χ1) is 14.3. The van der Waals surface area contributed by atoms with Gasteiger partial charge in [-0.25, -0.2) is 0 Å². The number of allylic oxidation sites excluding steroid dienone is 1. The normalized spacial score (nSPS) is 17.7. The summed E-state index contributed by atoms with van der Waals surface area (Å²) < 4.78 is 0. The highest BCUT2D eigenvalue weighted by Crippen LogP contribution is 2.29. The molecule has 30 heavy (non-hydrogen) atoms. The molecular weight excluding hydrogens is 376 g/mol. The maximum Gasteiger partial charge on any atom is 0.251 e. The lowest BCUT2D eigenvalue weighted by Gasteiger charge is -2.26. The number of Topliss-reactive ketones (excluding diaryl/α,β-unsaturated/α-hetero) is 2. The van der Waals surface area contributed by atoms with Gasteiger partial charge in [0.25, 0.3) is 5.78 Å². The van der Waals surface area contributed by atoms with E-state index >= 15 is 0 Å². The van der Waals surface area contributed by atoms with Crippen LogP contribution >= 0.6 is 0 Å². The van der Waals surface area contributed by atoms with E-state index < -0.39 is 17.0 Å². The molecule has 1 fully saturated rings. The van der Waals surface area contributed by atoms with Crippen molar-refractivity contribution in [2.75, 3.05) is 6.54 Å². The van der Waals surface area contributed by atoms with E-state index in [9.17, 15) is 14.4 Å². The monoisotopic (exact) mass is 410 g/mol. The molecule has 1 saturated carbocycles. The van der Waals surface area contributed by atoms with Crippen LogP contribution in [0.5, 0.6) is 0 Å². The van der Waals surface area contributed by atoms with Gasteiger partial charge in [-0.15, -0.1) is 0 Å². The summed E-state index contributed by atoms with van der Waals surface area (Å²) in [6, 6.07) is 7.09. The van der Waals surface area contributed by atoms with Crippen LogP contribution in [0.1, 0.15) is 88.1 Å². The van der Waals surface area contributed by atoms with Gasteiger partial charge < -0.3 is 10.6 Å². The van der Waals surface area contributed by atoms with E-state index in [0.717, 1.165) is 18.8 Å². The van der Waals surface area contributed by atoms with Gasteiger partial charge in [0.1, 0.15) is 5.70 Å². The summed E-state index contributed by atoms with van der Waals surface area (Å²) >= 11 is 0. The molecular formula is C25H34N2O3. The predicted octanol–water partition coefficient (Wildman–Crippen LogP) is 4.62. The quantitative estimate of drug-likeness (QED) is 0.508. The molecule has 0 aliphatic heterocycles. The number of ketones is 2. The van der Waals surface area contributed by atoms with E-state index in [-0.39, 0.29) is 11.6 Å². The first kappa shape index (κ1) is 22.3. The average molecular weight is 411 g/mol. The van der Waals surface area contributed by atoms with Crippen molar-refractivity contribution in [2.24, 2.45) is 11.3 Å². The van der Waals surface area contributed by atoms with Crippen molar-refractivity contribution in [1.29, 1.82) is 0 Å². The topological polar surface area (TPSA) is 75.3 Å². The molecule has 0 radical (unpaired) electrons. The van der Waals surface area contributed by atoms with Gasteiger partial charge in [0.15, 0.2) is 0 Å². The van der Waals surface area contributed by atoms with Crippen LogP contribution < -0.4 is 10.6 Å². The van der Waals surface area contributed by atoms with Gasteiger partial charge in [0, 0.05) is 23.1 Å². The van der Waals surface area contributed by atoms with Crippen molar-refractivity contribution in [3.63, 3.8) is 0 Å². The number of carbonyl (C=O) groups is 3. The number of benzene rings is 1. The fraction of sp³-hybridized carbons (Fsp3) is 0.560. The number of carbonyl (C=O) groups excluding carboxylic acids is 3. The molecule has 0 unspecified atom stereocenters. The summed E-state index contributed by atoms with van der Waals surface area (Å²) in [5, 5.41) is 6.10. The Morgan fingerprint density at radius 3 is 2.27 bits per heavy atom. The molecule has 2 aliphatic rings. The number of fused-ring (bicyclic) bond motifs is 1. The Kier molecular flexibility index (Phi) is 7.11. The van der Waals surface area contributed by atoms with Crippen LogP contribution in [0, 0.1) is 11.3 Å². The Balaban J connectivity index is 1.73. The summed E-state index contributed by atoms with van der Waals surface area (Å²) in [7, 11) is 0. The van der Waals surface area contributed by atoms with Gasteiger partial charge in [0.2, 0.25) is 11.7 Å². The van der Waals surface area contributed by atoms with Crippen molar-refractivity contribution >= 4 is 23.2 Å². The molecule has 0 saturated heterocycles. The van der Waals surface area contributed by atoms with Gasteiger partial charge in [-0.3, -0.25) is 14.4 Å². The van der Waals surface area contributed by atoms with Crippen LogP contribution in [0.3, 0.4) is 0 Å². The van der Waals surface area contributed by atoms with E-state index in [1.54, 1.807) is 32.9 Å². The highest BCUT2D eigenvalue weighted by molar-refractivity contribution is 6.52. The molecule has 1 amide bonds. The maximum atomic E-state index is 12.8. The van der Waals surface area contributed by atoms with Crippen molar-refractivity contribution in [3.8, 4) is 0 Å². The zero-order valence-electron chi connectivity index (χ0n) is 18.5. The Morgan fingerprint density at radius 2 is 1.60 bits per heavy atom. The molecule has 162 valence electrons. The maximum absolute atomic E-state index is 12.8. The van der Waals surface area contributed by atoms with Crippen molar-refractivity contribution in [2.45, 2.75) is 72.1 Å². The number of amides is 1. The second kappa shape index (κ2) is 9.59. The van der Waals surface area contributed by atoms with E-state index in [0.29, 0.717) is 23.4 Å². The largest absolute Gasteiger partial charge is 0.383 e. The Bertz CT molecular complexity index is 842. The molecule has 0 bridgehead atoms. The molecule has 5 nitrogen and oxygen atoms in total. The Hall–Kier alpha value is -2.43. The summed E-state index contributed by atoms with van der Waals surface area (Å²) in [5.74, 6) is -0.655. The zero-order valence-corrected chi connectivity index (χ0v) is 18.5. The fourth-order valence-electron chi connectivity index (χ4n) is 4.23. The lowest BCUT2D eigenvalue weighted by Crippen LogP contribution is -2.42. The second-order valence-corrected chi connectivity index (χ2v) is 9.58. The number of nitrogens with one attached hydrogen (secondary N) is 2. The number of rotatable bonds is 7. The van der Waals surface area contributed by atoms with Crippen LogP contribution in [0.25, 0.3) is 5.70 Å². The van der Waals surface area contributed by atoms with Crippen molar-refractivity contribution in [1.82, 2.24) is 10.6 Å². The minimum absolute atomic E-state index is 0.0749. The van der Waals surface area contributed by atoms with Gasteiger partial charge >= 0.3 is 0 Å². The molecule has 0 aromatic heterocycles. The SMILES string of the molecule is CC(C)(C)C(=O)NC1=C(NCCCCC2CCCCC2)c2ccccc2C(=O)C1=O. The standard InChI is InChI=1S/C25H34N2O3/c1-25(2,3)24(30)27-21-20(18-14-7-8-15-19(18)22(28)23(21)29)26-16-10-9-13-17-11-5-4-6-12-17/h7-8,14-15,17,26H,4-6,9-13,16H2,1-3H3,(H,27,30). The molecule has 2 aliphatic carbocycles. The molecule has 1 aromatic carbocycles. The summed E-state index contributed by atoms with van der Waals surface area (Å²) in [5.41, 5.74) is 1.04. The first-order valence-corrected chi connectivity index (χ1v) is 11.3. The number of unbranched alkanes of at least 4 members (excludes halogenated alkanes) is 1. The molecule has 5 heteroatoms. The van der Waals surface area contributed by atoms with E-state index in [1.165, 1.54) is 38.5 Å². The third-order valence-corrected chi connectivity index (χ3v) is 6.11. The van der Waals surface area contributed by atoms with Crippen LogP contribution in [0.2, 0.25) is 0 Å². The molecule has 3 rings (SSSR count). The highest BCUT2D eigenvalue weighted by atomic mass is 16.2. The van der Waals surface area contributed by atoms with Gasteiger partial charge in [-0.2, -0.15) is 0 Å². The minimum Gasteiger partial charge on any atom is -0.383 e. The smallest absolute Gasteiger partial charge is 0.251 e. The third-order valence-electron chi connectivity index (χ3n) is 6.11.